The second-order valence-electron chi connectivity index (χ2n) is 3.97. The van der Waals surface area contributed by atoms with E-state index in [0.717, 1.165) is 31.9 Å². The molecule has 1 aliphatic heterocycles. The van der Waals surface area contributed by atoms with Crippen LogP contribution in [0, 0.1) is 0 Å². The number of carbonyl (C=O) groups is 1. The molecule has 4 heteroatoms. The van der Waals surface area contributed by atoms with Crippen LogP contribution in [0.4, 0.5) is 11.4 Å². The molecular formula is C12H17N3O. The number of rotatable bonds is 2. The highest BCUT2D eigenvalue weighted by atomic mass is 16.1. The van der Waals surface area contributed by atoms with E-state index >= 15 is 0 Å². The van der Waals surface area contributed by atoms with Crippen molar-refractivity contribution in [2.45, 2.75) is 6.92 Å². The van der Waals surface area contributed by atoms with Gasteiger partial charge in [0.25, 0.3) is 0 Å². The summed E-state index contributed by atoms with van der Waals surface area (Å²) >= 11 is 0. The Kier molecular flexibility index (Phi) is 3.41. The Morgan fingerprint density at radius 2 is 2.12 bits per heavy atom. The van der Waals surface area contributed by atoms with Crippen LogP contribution in [0.5, 0.6) is 0 Å². The van der Waals surface area contributed by atoms with Gasteiger partial charge in [0.05, 0.1) is 0 Å². The highest BCUT2D eigenvalue weighted by Gasteiger charge is 2.10. The van der Waals surface area contributed by atoms with Crippen LogP contribution in [0.1, 0.15) is 6.92 Å². The zero-order valence-electron chi connectivity index (χ0n) is 9.49. The Bertz CT molecular complexity index is 372. The van der Waals surface area contributed by atoms with Crippen LogP contribution in [-0.4, -0.2) is 32.1 Å². The van der Waals surface area contributed by atoms with Crippen molar-refractivity contribution in [2.24, 2.45) is 0 Å². The van der Waals surface area contributed by atoms with Gasteiger partial charge in [0.15, 0.2) is 0 Å². The molecule has 0 unspecified atom stereocenters. The Hall–Kier alpha value is -1.55. The molecule has 2 rings (SSSR count). The fourth-order valence-electron chi connectivity index (χ4n) is 1.91. The van der Waals surface area contributed by atoms with Crippen molar-refractivity contribution in [3.63, 3.8) is 0 Å². The second-order valence-corrected chi connectivity index (χ2v) is 3.97. The predicted molar refractivity (Wildman–Crippen MR) is 65.8 cm³/mol. The zero-order chi connectivity index (χ0) is 11.4. The van der Waals surface area contributed by atoms with Crippen molar-refractivity contribution < 1.29 is 4.79 Å². The molecule has 0 saturated carbocycles. The van der Waals surface area contributed by atoms with Crippen LogP contribution in [0.2, 0.25) is 0 Å². The molecule has 1 saturated heterocycles. The molecule has 2 N–H and O–H groups in total. The van der Waals surface area contributed by atoms with Crippen molar-refractivity contribution in [2.75, 3.05) is 36.4 Å². The lowest BCUT2D eigenvalue weighted by atomic mass is 10.2. The number of piperazine rings is 1. The van der Waals surface area contributed by atoms with Gasteiger partial charge in [-0.2, -0.15) is 0 Å². The fourth-order valence-corrected chi connectivity index (χ4v) is 1.91. The summed E-state index contributed by atoms with van der Waals surface area (Å²) in [5.41, 5.74) is 2.04. The van der Waals surface area contributed by atoms with Crippen molar-refractivity contribution >= 4 is 17.3 Å². The van der Waals surface area contributed by atoms with E-state index in [2.05, 4.69) is 21.6 Å². The highest BCUT2D eigenvalue weighted by molar-refractivity contribution is 5.89. The van der Waals surface area contributed by atoms with Gasteiger partial charge in [0.1, 0.15) is 0 Å². The number of benzene rings is 1. The quantitative estimate of drug-likeness (QED) is 0.781. The normalized spacial score (nSPS) is 15.9. The first-order valence-electron chi connectivity index (χ1n) is 5.59. The van der Waals surface area contributed by atoms with Gasteiger partial charge < -0.3 is 15.5 Å². The number of nitrogens with one attached hydrogen (secondary N) is 2. The number of hydrogen-bond acceptors (Lipinski definition) is 3. The molecule has 1 aromatic carbocycles. The van der Waals surface area contributed by atoms with Crippen LogP contribution in [0.15, 0.2) is 24.3 Å². The van der Waals surface area contributed by atoms with Crippen LogP contribution in [-0.2, 0) is 4.79 Å². The molecule has 1 aliphatic rings. The number of carbonyl (C=O) groups excluding carboxylic acids is 1. The number of hydrogen-bond donors (Lipinski definition) is 2. The van der Waals surface area contributed by atoms with Gasteiger partial charge in [-0.3, -0.25) is 4.79 Å². The highest BCUT2D eigenvalue weighted by Crippen LogP contribution is 2.19. The minimum atomic E-state index is -0.0301. The molecule has 0 spiro atoms. The summed E-state index contributed by atoms with van der Waals surface area (Å²) in [5.74, 6) is -0.0301. The maximum Gasteiger partial charge on any atom is 0.221 e. The van der Waals surface area contributed by atoms with Gasteiger partial charge in [0, 0.05) is 44.5 Å². The average molecular weight is 219 g/mol. The summed E-state index contributed by atoms with van der Waals surface area (Å²) < 4.78 is 0. The van der Waals surface area contributed by atoms with Gasteiger partial charge >= 0.3 is 0 Å². The van der Waals surface area contributed by atoms with Crippen molar-refractivity contribution in [1.82, 2.24) is 5.32 Å². The molecular weight excluding hydrogens is 202 g/mol. The maximum absolute atomic E-state index is 11.0. The standard InChI is InChI=1S/C12H17N3O/c1-10(16)14-11-3-2-4-12(9-11)15-7-5-13-6-8-15/h2-4,9,13H,5-8H2,1H3,(H,14,16). The van der Waals surface area contributed by atoms with E-state index in [9.17, 15) is 4.79 Å². The summed E-state index contributed by atoms with van der Waals surface area (Å²) in [6, 6.07) is 7.99. The third-order valence-corrected chi connectivity index (χ3v) is 2.65. The Balaban J connectivity index is 2.11. The first-order chi connectivity index (χ1) is 7.75. The SMILES string of the molecule is CC(=O)Nc1cccc(N2CCNCC2)c1. The minimum Gasteiger partial charge on any atom is -0.369 e. The van der Waals surface area contributed by atoms with Gasteiger partial charge in [-0.1, -0.05) is 6.07 Å². The lowest BCUT2D eigenvalue weighted by molar-refractivity contribution is -0.114. The molecule has 0 atom stereocenters. The monoisotopic (exact) mass is 219 g/mol. The Labute approximate surface area is 95.6 Å². The molecule has 1 amide bonds. The van der Waals surface area contributed by atoms with E-state index in [4.69, 9.17) is 0 Å². The Morgan fingerprint density at radius 1 is 1.38 bits per heavy atom. The average Bonchev–Trinajstić information content (AvgIpc) is 2.30. The largest absolute Gasteiger partial charge is 0.369 e. The molecule has 1 heterocycles. The third kappa shape index (κ3) is 2.73. The molecule has 1 fully saturated rings. The molecule has 0 radical (unpaired) electrons. The van der Waals surface area contributed by atoms with Gasteiger partial charge in [-0.05, 0) is 18.2 Å². The van der Waals surface area contributed by atoms with Gasteiger partial charge in [-0.25, -0.2) is 0 Å². The maximum atomic E-state index is 11.0. The first-order valence-corrected chi connectivity index (χ1v) is 5.59. The summed E-state index contributed by atoms with van der Waals surface area (Å²) in [4.78, 5) is 13.3. The smallest absolute Gasteiger partial charge is 0.221 e. The summed E-state index contributed by atoms with van der Waals surface area (Å²) in [6.45, 7) is 5.60. The molecule has 86 valence electrons. The molecule has 0 aliphatic carbocycles. The lowest BCUT2D eigenvalue weighted by Crippen LogP contribution is -2.43. The molecule has 0 bridgehead atoms. The van der Waals surface area contributed by atoms with E-state index in [1.807, 2.05) is 18.2 Å². The van der Waals surface area contributed by atoms with E-state index in [0.29, 0.717) is 0 Å². The molecule has 0 aromatic heterocycles. The second kappa shape index (κ2) is 4.99. The van der Waals surface area contributed by atoms with E-state index in [1.54, 1.807) is 0 Å². The van der Waals surface area contributed by atoms with E-state index < -0.39 is 0 Å². The first kappa shape index (κ1) is 11.0. The van der Waals surface area contributed by atoms with E-state index in [-0.39, 0.29) is 5.91 Å². The number of anilines is 2. The summed E-state index contributed by atoms with van der Waals surface area (Å²) in [7, 11) is 0. The van der Waals surface area contributed by atoms with Crippen molar-refractivity contribution in [3.8, 4) is 0 Å². The summed E-state index contributed by atoms with van der Waals surface area (Å²) in [6.07, 6.45) is 0. The fraction of sp³-hybridized carbons (Fsp3) is 0.417. The molecule has 1 aromatic rings. The zero-order valence-corrected chi connectivity index (χ0v) is 9.49. The van der Waals surface area contributed by atoms with E-state index in [1.165, 1.54) is 12.6 Å². The lowest BCUT2D eigenvalue weighted by Gasteiger charge is -2.29. The van der Waals surface area contributed by atoms with Crippen molar-refractivity contribution in [1.29, 1.82) is 0 Å². The number of nitrogens with zero attached hydrogens (tertiary/aromatic N) is 1. The van der Waals surface area contributed by atoms with Crippen LogP contribution in [0.25, 0.3) is 0 Å². The van der Waals surface area contributed by atoms with Crippen LogP contribution >= 0.6 is 0 Å². The molecule has 16 heavy (non-hydrogen) atoms. The van der Waals surface area contributed by atoms with Crippen LogP contribution in [0.3, 0.4) is 0 Å². The predicted octanol–water partition coefficient (Wildman–Crippen LogP) is 1.05. The minimum absolute atomic E-state index is 0.0301. The van der Waals surface area contributed by atoms with Gasteiger partial charge in [-0.15, -0.1) is 0 Å². The van der Waals surface area contributed by atoms with Crippen LogP contribution < -0.4 is 15.5 Å². The van der Waals surface area contributed by atoms with Crippen molar-refractivity contribution in [3.05, 3.63) is 24.3 Å². The number of amides is 1. The Morgan fingerprint density at radius 3 is 2.81 bits per heavy atom. The third-order valence-electron chi connectivity index (χ3n) is 2.65. The van der Waals surface area contributed by atoms with Gasteiger partial charge in [0.2, 0.25) is 5.91 Å². The molecule has 4 nitrogen and oxygen atoms in total. The topological polar surface area (TPSA) is 44.4 Å². The summed E-state index contributed by atoms with van der Waals surface area (Å²) in [5, 5.41) is 6.12.